The van der Waals surface area contributed by atoms with Crippen molar-refractivity contribution in [3.05, 3.63) is 66.4 Å². The maximum absolute atomic E-state index is 2.51. The number of pyridine rings is 2. The molecule has 0 amide bonds. The molecule has 0 fully saturated rings. The number of hydrogen-bond donors (Lipinski definition) is 0. The van der Waals surface area contributed by atoms with E-state index in [4.69, 9.17) is 0 Å². The lowest BCUT2D eigenvalue weighted by atomic mass is 10.00. The van der Waals surface area contributed by atoms with E-state index in [2.05, 4.69) is 103 Å². The van der Waals surface area contributed by atoms with E-state index in [1.54, 1.807) is 0 Å². The molecule has 0 unspecified atom stereocenters. The minimum absolute atomic E-state index is 1.30. The van der Waals surface area contributed by atoms with Crippen LogP contribution in [0, 0.1) is 6.92 Å². The van der Waals surface area contributed by atoms with Crippen molar-refractivity contribution in [2.45, 2.75) is 26.6 Å². The summed E-state index contributed by atoms with van der Waals surface area (Å²) in [6, 6.07) is 20.3. The summed E-state index contributed by atoms with van der Waals surface area (Å²) in [5, 5.41) is 8.45. The summed E-state index contributed by atoms with van der Waals surface area (Å²) in [6.45, 7) is 9.60. The first-order valence-corrected chi connectivity index (χ1v) is 13.9. The lowest BCUT2D eigenvalue weighted by molar-refractivity contribution is -0.643. The number of aromatic nitrogens is 2. The van der Waals surface area contributed by atoms with Gasteiger partial charge in [-0.05, 0) is 30.0 Å². The van der Waals surface area contributed by atoms with Crippen molar-refractivity contribution in [1.29, 1.82) is 0 Å². The molecule has 0 saturated heterocycles. The average molecular weight is 394 g/mol. The van der Waals surface area contributed by atoms with Gasteiger partial charge in [0.15, 0.2) is 6.20 Å². The van der Waals surface area contributed by atoms with E-state index in [0.29, 0.717) is 0 Å². The Bertz CT molecular complexity index is 1600. The van der Waals surface area contributed by atoms with Gasteiger partial charge in [-0.1, -0.05) is 62.1 Å². The van der Waals surface area contributed by atoms with Crippen LogP contribution in [0.2, 0.25) is 19.6 Å². The molecule has 2 nitrogen and oxygen atoms in total. The minimum atomic E-state index is -1.51. The van der Waals surface area contributed by atoms with Crippen LogP contribution < -0.4 is 9.75 Å². The molecule has 6 aromatic rings. The fraction of sp³-hybridized carbons (Fsp3) is 0.192. The van der Waals surface area contributed by atoms with Gasteiger partial charge in [0, 0.05) is 16.0 Å². The first kappa shape index (κ1) is 17.0. The van der Waals surface area contributed by atoms with Crippen LogP contribution in [0.1, 0.15) is 5.56 Å². The molecule has 0 aliphatic heterocycles. The Balaban J connectivity index is 2.10. The molecule has 0 saturated carbocycles. The van der Waals surface area contributed by atoms with E-state index in [-0.39, 0.29) is 0 Å². The Labute approximate surface area is 171 Å². The monoisotopic (exact) mass is 393 g/mol. The molecule has 142 valence electrons. The molecule has 3 heteroatoms. The number of fused-ring (bicyclic) bond motifs is 6. The quantitative estimate of drug-likeness (QED) is 0.147. The lowest BCUT2D eigenvalue weighted by Crippen LogP contribution is -2.45. The predicted octanol–water partition coefficient (Wildman–Crippen LogP) is 5.67. The Hall–Kier alpha value is -2.91. The van der Waals surface area contributed by atoms with E-state index >= 15 is 0 Å². The highest BCUT2D eigenvalue weighted by molar-refractivity contribution is 6.90. The molecule has 0 atom stereocenters. The number of benzene rings is 3. The Kier molecular flexibility index (Phi) is 3.14. The van der Waals surface area contributed by atoms with Crippen molar-refractivity contribution in [2.24, 2.45) is 7.05 Å². The van der Waals surface area contributed by atoms with Crippen molar-refractivity contribution >= 4 is 62.3 Å². The van der Waals surface area contributed by atoms with Crippen molar-refractivity contribution in [2.75, 3.05) is 0 Å². The zero-order valence-electron chi connectivity index (χ0n) is 17.7. The largest absolute Gasteiger partial charge is 0.307 e. The number of aryl methyl sites for hydroxylation is 2. The molecule has 0 aliphatic carbocycles. The lowest BCUT2D eigenvalue weighted by Gasteiger charge is -2.20. The molecule has 3 aromatic heterocycles. The van der Waals surface area contributed by atoms with E-state index in [9.17, 15) is 0 Å². The maximum atomic E-state index is 2.51. The van der Waals surface area contributed by atoms with Crippen molar-refractivity contribution in [1.82, 2.24) is 4.40 Å². The summed E-state index contributed by atoms with van der Waals surface area (Å²) < 4.78 is 4.90. The normalized spacial score (nSPS) is 13.0. The van der Waals surface area contributed by atoms with E-state index in [1.165, 1.54) is 59.7 Å². The first-order valence-electron chi connectivity index (χ1n) is 10.4. The van der Waals surface area contributed by atoms with Gasteiger partial charge in [0.2, 0.25) is 5.52 Å². The van der Waals surface area contributed by atoms with E-state index < -0.39 is 8.07 Å². The molecule has 6 rings (SSSR count). The van der Waals surface area contributed by atoms with Gasteiger partial charge in [0.05, 0.1) is 35.4 Å². The van der Waals surface area contributed by atoms with Gasteiger partial charge in [-0.2, -0.15) is 0 Å². The van der Waals surface area contributed by atoms with Gasteiger partial charge < -0.3 is 4.40 Å². The summed E-state index contributed by atoms with van der Waals surface area (Å²) in [4.78, 5) is 0. The Morgan fingerprint density at radius 1 is 0.759 bits per heavy atom. The van der Waals surface area contributed by atoms with Gasteiger partial charge in [-0.25, -0.2) is 4.57 Å². The second-order valence-electron chi connectivity index (χ2n) is 9.46. The van der Waals surface area contributed by atoms with E-state index in [0.717, 1.165) is 0 Å². The van der Waals surface area contributed by atoms with Crippen LogP contribution in [0.25, 0.3) is 49.0 Å². The summed E-state index contributed by atoms with van der Waals surface area (Å²) >= 11 is 0. The SMILES string of the molecule is Cc1cccc2c1c1c3c(ccc4c5ccccc5n2c43)c([Si](C)(C)C)c[n+]1C. The van der Waals surface area contributed by atoms with Crippen LogP contribution in [0.5, 0.6) is 0 Å². The molecule has 0 aliphatic rings. The van der Waals surface area contributed by atoms with Gasteiger partial charge >= 0.3 is 0 Å². The molecular weight excluding hydrogens is 368 g/mol. The molecule has 29 heavy (non-hydrogen) atoms. The standard InChI is InChI=1S/C26H25N2Si/c1-16-9-8-12-21-23(16)26-24-19(22(15-27(26)2)29(3,4)5)14-13-18-17-10-6-7-11-20(17)28(21)25(18)24/h6-15H,1-5H3/q+1. The third kappa shape index (κ3) is 2.03. The highest BCUT2D eigenvalue weighted by Crippen LogP contribution is 2.40. The highest BCUT2D eigenvalue weighted by Gasteiger charge is 2.29. The molecule has 0 spiro atoms. The summed E-state index contributed by atoms with van der Waals surface area (Å²) in [7, 11) is 0.721. The van der Waals surface area contributed by atoms with Crippen LogP contribution >= 0.6 is 0 Å². The third-order valence-electron chi connectivity index (χ3n) is 6.58. The zero-order valence-corrected chi connectivity index (χ0v) is 18.7. The van der Waals surface area contributed by atoms with Crippen LogP contribution in [0.3, 0.4) is 0 Å². The zero-order chi connectivity index (χ0) is 20.1. The predicted molar refractivity (Wildman–Crippen MR) is 128 cm³/mol. The highest BCUT2D eigenvalue weighted by atomic mass is 28.3. The number of rotatable bonds is 1. The molecule has 3 aromatic carbocycles. The molecule has 0 radical (unpaired) electrons. The van der Waals surface area contributed by atoms with Crippen molar-refractivity contribution in [3.8, 4) is 0 Å². The Morgan fingerprint density at radius 3 is 2.28 bits per heavy atom. The summed E-state index contributed by atoms with van der Waals surface area (Å²) in [5.74, 6) is 0. The average Bonchev–Trinajstić information content (AvgIpc) is 3.03. The number of para-hydroxylation sites is 1. The van der Waals surface area contributed by atoms with Gasteiger partial charge in [-0.15, -0.1) is 0 Å². The van der Waals surface area contributed by atoms with E-state index in [1.807, 2.05) is 0 Å². The molecule has 0 bridgehead atoms. The minimum Gasteiger partial charge on any atom is -0.307 e. The Morgan fingerprint density at radius 2 is 1.48 bits per heavy atom. The molecule has 3 heterocycles. The second-order valence-corrected chi connectivity index (χ2v) is 14.5. The number of nitrogens with zero attached hydrogens (tertiary/aromatic N) is 2. The van der Waals surface area contributed by atoms with Crippen LogP contribution in [-0.4, -0.2) is 12.5 Å². The third-order valence-corrected chi connectivity index (χ3v) is 8.59. The number of hydrogen-bond acceptors (Lipinski definition) is 0. The fourth-order valence-electron chi connectivity index (χ4n) is 5.32. The first-order chi connectivity index (χ1) is 13.9. The second kappa shape index (κ2) is 5.36. The molecule has 0 N–H and O–H groups in total. The van der Waals surface area contributed by atoms with Crippen molar-refractivity contribution in [3.63, 3.8) is 0 Å². The van der Waals surface area contributed by atoms with Crippen LogP contribution in [-0.2, 0) is 7.05 Å². The van der Waals surface area contributed by atoms with Gasteiger partial charge in [-0.3, -0.25) is 0 Å². The summed E-state index contributed by atoms with van der Waals surface area (Å²) in [5.41, 5.74) is 6.66. The fourth-order valence-corrected chi connectivity index (χ4v) is 6.92. The molecular formula is C26H25N2Si+. The van der Waals surface area contributed by atoms with Crippen LogP contribution in [0.15, 0.2) is 60.8 Å². The van der Waals surface area contributed by atoms with Crippen molar-refractivity contribution < 1.29 is 4.57 Å². The maximum Gasteiger partial charge on any atom is 0.224 e. The summed E-state index contributed by atoms with van der Waals surface area (Å²) in [6.07, 6.45) is 2.41. The topological polar surface area (TPSA) is 8.29 Å². The van der Waals surface area contributed by atoms with Crippen LogP contribution in [0.4, 0.5) is 0 Å². The van der Waals surface area contributed by atoms with Gasteiger partial charge in [0.25, 0.3) is 0 Å². The van der Waals surface area contributed by atoms with Gasteiger partial charge in [0.1, 0.15) is 7.05 Å². The smallest absolute Gasteiger partial charge is 0.224 e.